The van der Waals surface area contributed by atoms with Gasteiger partial charge >= 0.3 is 0 Å². The number of anilines is 2. The van der Waals surface area contributed by atoms with Crippen LogP contribution in [-0.2, 0) is 14.8 Å². The summed E-state index contributed by atoms with van der Waals surface area (Å²) >= 11 is 0. The van der Waals surface area contributed by atoms with Crippen LogP contribution < -0.4 is 14.8 Å². The topological polar surface area (TPSA) is 97.6 Å². The van der Waals surface area contributed by atoms with Crippen LogP contribution in [0.15, 0.2) is 94.3 Å². The van der Waals surface area contributed by atoms with E-state index in [2.05, 4.69) is 10.0 Å². The molecule has 8 heteroatoms. The third-order valence-corrected chi connectivity index (χ3v) is 6.00. The van der Waals surface area contributed by atoms with Gasteiger partial charge < -0.3 is 14.5 Å². The second-order valence-corrected chi connectivity index (χ2v) is 8.53. The molecule has 0 unspecified atom stereocenters. The van der Waals surface area contributed by atoms with Crippen molar-refractivity contribution in [3.05, 3.63) is 90.7 Å². The molecule has 2 N–H and O–H groups in total. The Morgan fingerprint density at radius 3 is 2.41 bits per heavy atom. The number of hydrogen-bond donors (Lipinski definition) is 2. The molecule has 0 saturated heterocycles. The largest absolute Gasteiger partial charge is 0.493 e. The molecule has 1 heterocycles. The summed E-state index contributed by atoms with van der Waals surface area (Å²) in [6.07, 6.45) is 2.89. The quantitative estimate of drug-likeness (QED) is 0.392. The molecule has 0 spiro atoms. The van der Waals surface area contributed by atoms with E-state index in [9.17, 15) is 13.2 Å². The predicted octanol–water partition coefficient (Wildman–Crippen LogP) is 4.89. The third kappa shape index (κ3) is 4.81. The van der Waals surface area contributed by atoms with Crippen molar-refractivity contribution >= 4 is 44.4 Å². The van der Waals surface area contributed by atoms with Gasteiger partial charge in [-0.05, 0) is 54.6 Å². The third-order valence-electron chi connectivity index (χ3n) is 4.60. The monoisotopic (exact) mass is 448 g/mol. The minimum atomic E-state index is -3.72. The molecule has 3 aromatic carbocycles. The number of fused-ring (bicyclic) bond motifs is 1. The fraction of sp³-hybridized carbons (Fsp3) is 0.0417. The number of amides is 1. The highest BCUT2D eigenvalue weighted by Crippen LogP contribution is 2.29. The SMILES string of the molecule is COc1cccc2cc(/C=C/C(=O)Nc3ccc(S(=O)(=O)Nc4ccccc4)cc3)oc12. The lowest BCUT2D eigenvalue weighted by Gasteiger charge is -2.09. The molecule has 32 heavy (non-hydrogen) atoms. The maximum Gasteiger partial charge on any atom is 0.261 e. The van der Waals surface area contributed by atoms with Crippen molar-refractivity contribution in [3.8, 4) is 5.75 Å². The van der Waals surface area contributed by atoms with Gasteiger partial charge in [-0.25, -0.2) is 8.42 Å². The fourth-order valence-corrected chi connectivity index (χ4v) is 4.14. The van der Waals surface area contributed by atoms with Crippen LogP contribution in [0.4, 0.5) is 11.4 Å². The van der Waals surface area contributed by atoms with E-state index in [-0.39, 0.29) is 10.8 Å². The minimum absolute atomic E-state index is 0.0890. The molecule has 4 aromatic rings. The first-order chi connectivity index (χ1) is 15.4. The average Bonchev–Trinajstić information content (AvgIpc) is 3.22. The Hall–Kier alpha value is -4.04. The maximum absolute atomic E-state index is 12.5. The zero-order valence-electron chi connectivity index (χ0n) is 17.1. The maximum atomic E-state index is 12.5. The summed E-state index contributed by atoms with van der Waals surface area (Å²) in [5, 5.41) is 3.56. The Morgan fingerprint density at radius 1 is 0.938 bits per heavy atom. The van der Waals surface area contributed by atoms with Gasteiger partial charge in [0.1, 0.15) is 5.76 Å². The van der Waals surface area contributed by atoms with Gasteiger partial charge in [-0.2, -0.15) is 0 Å². The highest BCUT2D eigenvalue weighted by atomic mass is 32.2. The molecule has 0 aliphatic heterocycles. The van der Waals surface area contributed by atoms with Crippen LogP contribution in [0.25, 0.3) is 17.0 Å². The van der Waals surface area contributed by atoms with Crippen molar-refractivity contribution in [2.75, 3.05) is 17.1 Å². The second-order valence-electron chi connectivity index (χ2n) is 6.85. The molecule has 4 rings (SSSR count). The molecule has 1 aromatic heterocycles. The molecule has 1 amide bonds. The van der Waals surface area contributed by atoms with Crippen LogP contribution in [0.1, 0.15) is 5.76 Å². The van der Waals surface area contributed by atoms with E-state index < -0.39 is 10.0 Å². The van der Waals surface area contributed by atoms with Crippen molar-refractivity contribution in [2.45, 2.75) is 4.90 Å². The lowest BCUT2D eigenvalue weighted by molar-refractivity contribution is -0.111. The van der Waals surface area contributed by atoms with E-state index in [4.69, 9.17) is 9.15 Å². The number of methoxy groups -OCH3 is 1. The first-order valence-electron chi connectivity index (χ1n) is 9.68. The molecular formula is C24H20N2O5S. The summed E-state index contributed by atoms with van der Waals surface area (Å²) in [5.74, 6) is 0.743. The van der Waals surface area contributed by atoms with Gasteiger partial charge in [-0.15, -0.1) is 0 Å². The van der Waals surface area contributed by atoms with Gasteiger partial charge in [0.25, 0.3) is 10.0 Å². The van der Waals surface area contributed by atoms with Crippen molar-refractivity contribution in [1.82, 2.24) is 0 Å². The van der Waals surface area contributed by atoms with Crippen LogP contribution in [-0.4, -0.2) is 21.4 Å². The van der Waals surface area contributed by atoms with E-state index in [1.807, 2.05) is 12.1 Å². The number of rotatable bonds is 7. The Bertz CT molecular complexity index is 1380. The lowest BCUT2D eigenvalue weighted by atomic mass is 10.2. The molecule has 0 aliphatic carbocycles. The van der Waals surface area contributed by atoms with Gasteiger partial charge in [-0.3, -0.25) is 9.52 Å². The first-order valence-corrected chi connectivity index (χ1v) is 11.2. The zero-order chi connectivity index (χ0) is 22.6. The van der Waals surface area contributed by atoms with E-state index in [0.29, 0.717) is 28.5 Å². The summed E-state index contributed by atoms with van der Waals surface area (Å²) < 4.78 is 38.5. The van der Waals surface area contributed by atoms with E-state index in [1.165, 1.54) is 30.3 Å². The average molecular weight is 449 g/mol. The van der Waals surface area contributed by atoms with Crippen LogP contribution in [0.3, 0.4) is 0 Å². The van der Waals surface area contributed by atoms with Crippen molar-refractivity contribution in [3.63, 3.8) is 0 Å². The van der Waals surface area contributed by atoms with Crippen molar-refractivity contribution < 1.29 is 22.4 Å². The Morgan fingerprint density at radius 2 is 1.69 bits per heavy atom. The molecule has 0 bridgehead atoms. The molecule has 162 valence electrons. The Balaban J connectivity index is 1.41. The highest BCUT2D eigenvalue weighted by Gasteiger charge is 2.14. The van der Waals surface area contributed by atoms with E-state index in [0.717, 1.165) is 5.39 Å². The van der Waals surface area contributed by atoms with Crippen LogP contribution in [0, 0.1) is 0 Å². The summed E-state index contributed by atoms with van der Waals surface area (Å²) in [6.45, 7) is 0. The number of nitrogens with one attached hydrogen (secondary N) is 2. The zero-order valence-corrected chi connectivity index (χ0v) is 17.9. The number of benzene rings is 3. The molecule has 0 atom stereocenters. The van der Waals surface area contributed by atoms with Gasteiger partial charge in [0, 0.05) is 22.8 Å². The smallest absolute Gasteiger partial charge is 0.261 e. The van der Waals surface area contributed by atoms with Crippen LogP contribution in [0.5, 0.6) is 5.75 Å². The molecule has 0 radical (unpaired) electrons. The number of ether oxygens (including phenoxy) is 1. The normalized spacial score (nSPS) is 11.5. The Kier molecular flexibility index (Phi) is 5.96. The molecule has 0 aliphatic rings. The van der Waals surface area contributed by atoms with Gasteiger partial charge in [0.05, 0.1) is 12.0 Å². The van der Waals surface area contributed by atoms with Crippen LogP contribution in [0.2, 0.25) is 0 Å². The van der Waals surface area contributed by atoms with E-state index in [1.54, 1.807) is 55.7 Å². The summed E-state index contributed by atoms with van der Waals surface area (Å²) in [6, 6.07) is 21.9. The summed E-state index contributed by atoms with van der Waals surface area (Å²) in [4.78, 5) is 12.3. The highest BCUT2D eigenvalue weighted by molar-refractivity contribution is 7.92. The molecule has 0 fully saturated rings. The number of hydrogen-bond acceptors (Lipinski definition) is 5. The number of carbonyl (C=O) groups is 1. The van der Waals surface area contributed by atoms with Crippen molar-refractivity contribution in [2.24, 2.45) is 0 Å². The fourth-order valence-electron chi connectivity index (χ4n) is 3.08. The first kappa shape index (κ1) is 21.2. The summed E-state index contributed by atoms with van der Waals surface area (Å²) in [5.41, 5.74) is 1.54. The van der Waals surface area contributed by atoms with Crippen LogP contribution >= 0.6 is 0 Å². The predicted molar refractivity (Wildman–Crippen MR) is 124 cm³/mol. The Labute approximate surface area is 185 Å². The van der Waals surface area contributed by atoms with E-state index >= 15 is 0 Å². The standard InChI is InChI=1S/C24H20N2O5S/c1-30-22-9-5-6-17-16-20(31-24(17)22)12-15-23(27)25-18-10-13-21(14-11-18)32(28,29)26-19-7-3-2-4-8-19/h2-16,26H,1H3,(H,25,27)/b15-12+. The molecule has 7 nitrogen and oxygen atoms in total. The number of para-hydroxylation sites is 2. The van der Waals surface area contributed by atoms with Crippen molar-refractivity contribution in [1.29, 1.82) is 0 Å². The molecular weight excluding hydrogens is 428 g/mol. The van der Waals surface area contributed by atoms with Gasteiger partial charge in [0.15, 0.2) is 11.3 Å². The van der Waals surface area contributed by atoms with Gasteiger partial charge in [0.2, 0.25) is 5.91 Å². The second kappa shape index (κ2) is 8.99. The number of furan rings is 1. The molecule has 0 saturated carbocycles. The number of sulfonamides is 1. The number of carbonyl (C=O) groups excluding carboxylic acids is 1. The minimum Gasteiger partial charge on any atom is -0.493 e. The summed E-state index contributed by atoms with van der Waals surface area (Å²) in [7, 11) is -2.16. The van der Waals surface area contributed by atoms with Gasteiger partial charge in [-0.1, -0.05) is 30.3 Å². The lowest BCUT2D eigenvalue weighted by Crippen LogP contribution is -2.13.